The van der Waals surface area contributed by atoms with Crippen molar-refractivity contribution in [2.24, 2.45) is 0 Å². The van der Waals surface area contributed by atoms with Gasteiger partial charge >= 0.3 is 0 Å². The molecule has 0 fully saturated rings. The average Bonchev–Trinajstić information content (AvgIpc) is 2.68. The van der Waals surface area contributed by atoms with Crippen molar-refractivity contribution >= 4 is 27.5 Å². The Kier molecular flexibility index (Phi) is 3.45. The van der Waals surface area contributed by atoms with E-state index in [2.05, 4.69) is 30.8 Å². The van der Waals surface area contributed by atoms with Crippen LogP contribution in [-0.2, 0) is 6.54 Å². The van der Waals surface area contributed by atoms with Crippen LogP contribution in [0.15, 0.2) is 28.7 Å². The molecule has 5 heteroatoms. The van der Waals surface area contributed by atoms with E-state index in [0.29, 0.717) is 0 Å². The molecular weight excluding hydrogens is 274 g/mol. The zero-order valence-electron chi connectivity index (χ0n) is 8.20. The molecule has 0 spiro atoms. The Morgan fingerprint density at radius 1 is 1.33 bits per heavy atom. The number of nitrogens with one attached hydrogen (secondary N) is 1. The van der Waals surface area contributed by atoms with Crippen molar-refractivity contribution in [3.05, 3.63) is 33.6 Å². The van der Waals surface area contributed by atoms with E-state index in [9.17, 15) is 0 Å². The molecule has 2 rings (SSSR count). The average molecular weight is 284 g/mol. The van der Waals surface area contributed by atoms with Gasteiger partial charge in [-0.05, 0) is 30.7 Å². The maximum absolute atomic E-state index is 4.15. The van der Waals surface area contributed by atoms with E-state index in [-0.39, 0.29) is 0 Å². The van der Waals surface area contributed by atoms with Gasteiger partial charge in [0.05, 0.1) is 4.88 Å². The highest BCUT2D eigenvalue weighted by molar-refractivity contribution is 9.10. The predicted octanol–water partition coefficient (Wildman–Crippen LogP) is 2.69. The van der Waals surface area contributed by atoms with E-state index >= 15 is 0 Å². The van der Waals surface area contributed by atoms with Crippen LogP contribution in [0, 0.1) is 0 Å². The number of rotatable bonds is 3. The van der Waals surface area contributed by atoms with Gasteiger partial charge in [-0.15, -0.1) is 5.10 Å². The third kappa shape index (κ3) is 2.42. The first kappa shape index (κ1) is 10.7. The van der Waals surface area contributed by atoms with Gasteiger partial charge in [0.15, 0.2) is 0 Å². The zero-order chi connectivity index (χ0) is 10.7. The lowest BCUT2D eigenvalue weighted by molar-refractivity contribution is 0.830. The first-order chi connectivity index (χ1) is 7.31. The molecular formula is C10H10BrN3S. The lowest BCUT2D eigenvalue weighted by atomic mass is 10.1. The molecule has 0 unspecified atom stereocenters. The quantitative estimate of drug-likeness (QED) is 0.941. The van der Waals surface area contributed by atoms with Crippen LogP contribution in [0.4, 0.5) is 0 Å². The molecule has 0 aliphatic carbocycles. The molecule has 0 saturated heterocycles. The number of nitrogens with zero attached hydrogens (tertiary/aromatic N) is 2. The largest absolute Gasteiger partial charge is 0.315 e. The van der Waals surface area contributed by atoms with Crippen LogP contribution in [0.3, 0.4) is 0 Å². The molecule has 1 aromatic heterocycles. The molecule has 0 atom stereocenters. The van der Waals surface area contributed by atoms with Crippen LogP contribution < -0.4 is 5.32 Å². The van der Waals surface area contributed by atoms with Crippen LogP contribution in [0.5, 0.6) is 0 Å². The Labute approximate surface area is 101 Å². The summed E-state index contributed by atoms with van der Waals surface area (Å²) in [5.74, 6) is 0. The molecule has 1 heterocycles. The SMILES string of the molecule is CNCc1snnc1-c1ccc(Br)cc1. The number of halogens is 1. The van der Waals surface area contributed by atoms with E-state index < -0.39 is 0 Å². The molecule has 0 amide bonds. The first-order valence-corrected chi connectivity index (χ1v) is 6.09. The second-order valence-electron chi connectivity index (χ2n) is 3.08. The highest BCUT2D eigenvalue weighted by Crippen LogP contribution is 2.25. The van der Waals surface area contributed by atoms with Gasteiger partial charge in [0.1, 0.15) is 5.69 Å². The highest BCUT2D eigenvalue weighted by Gasteiger charge is 2.08. The normalized spacial score (nSPS) is 10.5. The Bertz CT molecular complexity index is 438. The molecule has 1 N–H and O–H groups in total. The Morgan fingerprint density at radius 2 is 2.07 bits per heavy atom. The molecule has 2 aromatic rings. The van der Waals surface area contributed by atoms with E-state index in [1.165, 1.54) is 16.4 Å². The van der Waals surface area contributed by atoms with Gasteiger partial charge in [-0.3, -0.25) is 0 Å². The van der Waals surface area contributed by atoms with Crippen LogP contribution in [0.2, 0.25) is 0 Å². The van der Waals surface area contributed by atoms with Crippen molar-refractivity contribution in [1.82, 2.24) is 14.9 Å². The molecule has 0 saturated carbocycles. The lowest BCUT2D eigenvalue weighted by Gasteiger charge is -2.00. The van der Waals surface area contributed by atoms with Gasteiger partial charge in [-0.1, -0.05) is 32.6 Å². The monoisotopic (exact) mass is 283 g/mol. The lowest BCUT2D eigenvalue weighted by Crippen LogP contribution is -2.04. The minimum absolute atomic E-state index is 0.809. The van der Waals surface area contributed by atoms with E-state index in [0.717, 1.165) is 22.3 Å². The van der Waals surface area contributed by atoms with Crippen LogP contribution in [-0.4, -0.2) is 16.6 Å². The van der Waals surface area contributed by atoms with Gasteiger partial charge in [0.25, 0.3) is 0 Å². The number of benzene rings is 1. The third-order valence-corrected chi connectivity index (χ3v) is 3.26. The molecule has 0 bridgehead atoms. The minimum Gasteiger partial charge on any atom is -0.315 e. The number of hydrogen-bond acceptors (Lipinski definition) is 4. The molecule has 0 aliphatic rings. The van der Waals surface area contributed by atoms with Gasteiger partial charge in [0, 0.05) is 16.6 Å². The summed E-state index contributed by atoms with van der Waals surface area (Å²) in [5, 5.41) is 7.26. The van der Waals surface area contributed by atoms with E-state index in [4.69, 9.17) is 0 Å². The number of hydrogen-bond donors (Lipinski definition) is 1. The summed E-state index contributed by atoms with van der Waals surface area (Å²) in [6, 6.07) is 8.11. The van der Waals surface area contributed by atoms with Crippen molar-refractivity contribution in [3.63, 3.8) is 0 Å². The molecule has 0 radical (unpaired) electrons. The predicted molar refractivity (Wildman–Crippen MR) is 65.8 cm³/mol. The minimum atomic E-state index is 0.809. The molecule has 0 aliphatic heterocycles. The fourth-order valence-corrected chi connectivity index (χ4v) is 2.25. The molecule has 78 valence electrons. The van der Waals surface area contributed by atoms with Gasteiger partial charge in [-0.25, -0.2) is 0 Å². The second-order valence-corrected chi connectivity index (χ2v) is 4.84. The van der Waals surface area contributed by atoms with Crippen LogP contribution >= 0.6 is 27.5 Å². The second kappa shape index (κ2) is 4.83. The Hall–Kier alpha value is -0.780. The van der Waals surface area contributed by atoms with Crippen LogP contribution in [0.25, 0.3) is 11.3 Å². The Morgan fingerprint density at radius 3 is 2.73 bits per heavy atom. The third-order valence-electron chi connectivity index (χ3n) is 2.01. The van der Waals surface area contributed by atoms with Crippen molar-refractivity contribution in [3.8, 4) is 11.3 Å². The topological polar surface area (TPSA) is 37.8 Å². The van der Waals surface area contributed by atoms with Crippen LogP contribution in [0.1, 0.15) is 4.88 Å². The van der Waals surface area contributed by atoms with Crippen molar-refractivity contribution < 1.29 is 0 Å². The van der Waals surface area contributed by atoms with Crippen molar-refractivity contribution in [1.29, 1.82) is 0 Å². The van der Waals surface area contributed by atoms with Crippen molar-refractivity contribution in [2.75, 3.05) is 7.05 Å². The van der Waals surface area contributed by atoms with Gasteiger partial charge in [-0.2, -0.15) is 0 Å². The molecule has 3 nitrogen and oxygen atoms in total. The number of aromatic nitrogens is 2. The first-order valence-electron chi connectivity index (χ1n) is 4.53. The summed E-state index contributed by atoms with van der Waals surface area (Å²) < 4.78 is 5.05. The molecule has 15 heavy (non-hydrogen) atoms. The summed E-state index contributed by atoms with van der Waals surface area (Å²) in [7, 11) is 1.92. The Balaban J connectivity index is 2.36. The molecule has 1 aromatic carbocycles. The van der Waals surface area contributed by atoms with Crippen molar-refractivity contribution in [2.45, 2.75) is 6.54 Å². The smallest absolute Gasteiger partial charge is 0.110 e. The summed E-state index contributed by atoms with van der Waals surface area (Å²) in [4.78, 5) is 1.17. The standard InChI is InChI=1S/C10H10BrN3S/c1-12-6-9-10(13-14-15-9)7-2-4-8(11)5-3-7/h2-5,12H,6H2,1H3. The van der Waals surface area contributed by atoms with Gasteiger partial charge < -0.3 is 5.32 Å². The summed E-state index contributed by atoms with van der Waals surface area (Å²) in [6.45, 7) is 0.809. The summed E-state index contributed by atoms with van der Waals surface area (Å²) in [5.41, 5.74) is 2.08. The fraction of sp³-hybridized carbons (Fsp3) is 0.200. The summed E-state index contributed by atoms with van der Waals surface area (Å²) >= 11 is 4.85. The fourth-order valence-electron chi connectivity index (χ4n) is 1.31. The van der Waals surface area contributed by atoms with E-state index in [1.807, 2.05) is 31.3 Å². The summed E-state index contributed by atoms with van der Waals surface area (Å²) in [6.07, 6.45) is 0. The van der Waals surface area contributed by atoms with E-state index in [1.54, 1.807) is 0 Å². The highest BCUT2D eigenvalue weighted by atomic mass is 79.9. The van der Waals surface area contributed by atoms with Gasteiger partial charge in [0.2, 0.25) is 0 Å². The zero-order valence-corrected chi connectivity index (χ0v) is 10.6. The maximum Gasteiger partial charge on any atom is 0.110 e. The maximum atomic E-state index is 4.15.